The Bertz CT molecular complexity index is 1730. The lowest BCUT2D eigenvalue weighted by atomic mass is 10.1. The molecule has 0 bridgehead atoms. The van der Waals surface area contributed by atoms with Crippen molar-refractivity contribution >= 4 is 49.4 Å². The fourth-order valence-corrected chi connectivity index (χ4v) is 5.51. The summed E-state index contributed by atoms with van der Waals surface area (Å²) < 4.78 is 65.6. The van der Waals surface area contributed by atoms with Crippen molar-refractivity contribution in [3.05, 3.63) is 72.3 Å². The second-order valence-electron chi connectivity index (χ2n) is 9.16. The number of nitrogens with one attached hydrogen (secondary N) is 1. The number of methoxy groups -OCH3 is 1. The van der Waals surface area contributed by atoms with E-state index in [4.69, 9.17) is 20.4 Å². The van der Waals surface area contributed by atoms with Gasteiger partial charge in [-0.05, 0) is 65.2 Å². The summed E-state index contributed by atoms with van der Waals surface area (Å²) >= 11 is 0. The molecule has 1 aliphatic heterocycles. The standard InChI is InChI=1S/C25H24N4O4S.C2HF3O2/c1-33-20-7-4-17-5-8-21(14-19(17)13-20)34(31,32)28-22-10-11-29(25(22)30)15-16-2-3-18-6-9-24(26)27-23(18)12-16;3-2(4,5)1(6)7/h2-9,12-14,22,28H,10-11,15H2,1H3,(H2,26,27);(H,6,7)/t22-;/m0./s1. The third kappa shape index (κ3) is 7.02. The number of carboxylic acid groups (broad SMARTS) is 1. The van der Waals surface area contributed by atoms with Crippen LogP contribution in [0, 0.1) is 0 Å². The zero-order valence-electron chi connectivity index (χ0n) is 21.6. The number of fused-ring (bicyclic) bond motifs is 2. The van der Waals surface area contributed by atoms with Gasteiger partial charge < -0.3 is 20.5 Å². The molecule has 216 valence electrons. The van der Waals surface area contributed by atoms with Crippen LogP contribution in [0.25, 0.3) is 21.7 Å². The quantitative estimate of drug-likeness (QED) is 0.308. The van der Waals surface area contributed by atoms with Gasteiger partial charge in [0.15, 0.2) is 0 Å². The first kappa shape index (κ1) is 29.6. The summed E-state index contributed by atoms with van der Waals surface area (Å²) in [5.74, 6) is -1.93. The number of rotatable bonds is 6. The lowest BCUT2D eigenvalue weighted by Crippen LogP contribution is -2.41. The molecule has 4 N–H and O–H groups in total. The van der Waals surface area contributed by atoms with Gasteiger partial charge in [0, 0.05) is 18.5 Å². The smallest absolute Gasteiger partial charge is 0.490 e. The third-order valence-electron chi connectivity index (χ3n) is 6.32. The van der Waals surface area contributed by atoms with E-state index in [-0.39, 0.29) is 10.8 Å². The minimum atomic E-state index is -5.08. The van der Waals surface area contributed by atoms with E-state index in [9.17, 15) is 26.4 Å². The van der Waals surface area contributed by atoms with Gasteiger partial charge >= 0.3 is 12.1 Å². The molecule has 0 radical (unpaired) electrons. The SMILES string of the molecule is COc1ccc2ccc(S(=O)(=O)N[C@H]3CCN(Cc4ccc5ccc(N)nc5c4)C3=O)cc2c1.O=C(O)C(F)(F)F. The van der Waals surface area contributed by atoms with Crippen LogP contribution in [0.15, 0.2) is 71.6 Å². The molecule has 1 fully saturated rings. The normalized spacial score (nSPS) is 15.6. The van der Waals surface area contributed by atoms with Crippen LogP contribution in [-0.2, 0) is 26.2 Å². The van der Waals surface area contributed by atoms with Crippen LogP contribution >= 0.6 is 0 Å². The Morgan fingerprint density at radius 3 is 2.41 bits per heavy atom. The number of amides is 1. The highest BCUT2D eigenvalue weighted by molar-refractivity contribution is 7.89. The van der Waals surface area contributed by atoms with Crippen LogP contribution in [0.3, 0.4) is 0 Å². The molecular weight excluding hydrogens is 565 g/mol. The summed E-state index contributed by atoms with van der Waals surface area (Å²) in [7, 11) is -2.32. The minimum Gasteiger partial charge on any atom is -0.497 e. The van der Waals surface area contributed by atoms with Crippen LogP contribution in [0.1, 0.15) is 12.0 Å². The molecule has 41 heavy (non-hydrogen) atoms. The zero-order chi connectivity index (χ0) is 29.9. The molecular formula is C27H25F3N4O6S. The van der Waals surface area contributed by atoms with E-state index in [0.717, 1.165) is 27.2 Å². The molecule has 4 aromatic rings. The number of nitrogen functional groups attached to an aromatic ring is 1. The molecule has 0 saturated carbocycles. The number of halogens is 3. The van der Waals surface area contributed by atoms with Gasteiger partial charge in [0.1, 0.15) is 17.6 Å². The number of carbonyl (C=O) groups is 2. The number of carboxylic acids is 1. The number of hydrogen-bond acceptors (Lipinski definition) is 7. The number of pyridine rings is 1. The molecule has 1 aromatic heterocycles. The molecule has 5 rings (SSSR count). The van der Waals surface area contributed by atoms with Gasteiger partial charge in [0.05, 0.1) is 17.5 Å². The van der Waals surface area contributed by atoms with E-state index in [2.05, 4.69) is 9.71 Å². The van der Waals surface area contributed by atoms with E-state index in [1.54, 1.807) is 42.3 Å². The number of sulfonamides is 1. The third-order valence-corrected chi connectivity index (χ3v) is 7.79. The molecule has 0 unspecified atom stereocenters. The van der Waals surface area contributed by atoms with Gasteiger partial charge in [-0.25, -0.2) is 18.2 Å². The second kappa shape index (κ2) is 11.6. The summed E-state index contributed by atoms with van der Waals surface area (Å²) in [6, 6.07) is 19.0. The molecule has 1 amide bonds. The van der Waals surface area contributed by atoms with Crippen LogP contribution in [0.2, 0.25) is 0 Å². The molecule has 1 atom stereocenters. The Morgan fingerprint density at radius 1 is 1.07 bits per heavy atom. The van der Waals surface area contributed by atoms with Gasteiger partial charge in [-0.1, -0.05) is 24.3 Å². The Morgan fingerprint density at radius 2 is 1.73 bits per heavy atom. The number of alkyl halides is 3. The second-order valence-corrected chi connectivity index (χ2v) is 10.9. The highest BCUT2D eigenvalue weighted by atomic mass is 32.2. The number of aromatic nitrogens is 1. The van der Waals surface area contributed by atoms with E-state index in [0.29, 0.717) is 31.1 Å². The van der Waals surface area contributed by atoms with Crippen molar-refractivity contribution in [2.45, 2.75) is 30.1 Å². The van der Waals surface area contributed by atoms with Crippen LogP contribution in [0.5, 0.6) is 5.75 Å². The Kier molecular flexibility index (Phi) is 8.35. The number of carbonyl (C=O) groups excluding carboxylic acids is 1. The molecule has 0 spiro atoms. The molecule has 3 aromatic carbocycles. The monoisotopic (exact) mass is 590 g/mol. The molecule has 0 aliphatic carbocycles. The number of nitrogens with two attached hydrogens (primary N) is 1. The largest absolute Gasteiger partial charge is 0.497 e. The van der Waals surface area contributed by atoms with E-state index < -0.39 is 28.2 Å². The van der Waals surface area contributed by atoms with Crippen molar-refractivity contribution in [1.29, 1.82) is 0 Å². The van der Waals surface area contributed by atoms with Gasteiger partial charge in [0.25, 0.3) is 0 Å². The van der Waals surface area contributed by atoms with Crippen molar-refractivity contribution in [2.24, 2.45) is 0 Å². The number of aliphatic carboxylic acids is 1. The van der Waals surface area contributed by atoms with Gasteiger partial charge in [0.2, 0.25) is 15.9 Å². The van der Waals surface area contributed by atoms with Gasteiger partial charge in [-0.15, -0.1) is 0 Å². The fraction of sp³-hybridized carbons (Fsp3) is 0.222. The summed E-state index contributed by atoms with van der Waals surface area (Å²) in [6.07, 6.45) is -4.68. The lowest BCUT2D eigenvalue weighted by molar-refractivity contribution is -0.192. The Balaban J connectivity index is 0.000000493. The molecule has 1 saturated heterocycles. The topological polar surface area (TPSA) is 152 Å². The van der Waals surface area contributed by atoms with E-state index >= 15 is 0 Å². The number of benzene rings is 3. The lowest BCUT2D eigenvalue weighted by Gasteiger charge is -2.18. The molecule has 2 heterocycles. The minimum absolute atomic E-state index is 0.109. The van der Waals surface area contributed by atoms with Gasteiger partial charge in [-0.3, -0.25) is 4.79 Å². The summed E-state index contributed by atoms with van der Waals surface area (Å²) in [5, 5.41) is 9.73. The summed E-state index contributed by atoms with van der Waals surface area (Å²) in [5.41, 5.74) is 7.45. The molecule has 1 aliphatic rings. The molecule has 14 heteroatoms. The molecule has 10 nitrogen and oxygen atoms in total. The summed E-state index contributed by atoms with van der Waals surface area (Å²) in [4.78, 5) is 28.0. The first-order chi connectivity index (χ1) is 19.3. The van der Waals surface area contributed by atoms with Crippen molar-refractivity contribution < 1.29 is 41.0 Å². The highest BCUT2D eigenvalue weighted by Crippen LogP contribution is 2.25. The predicted molar refractivity (Wildman–Crippen MR) is 144 cm³/mol. The van der Waals surface area contributed by atoms with E-state index in [1.165, 1.54) is 0 Å². The zero-order valence-corrected chi connectivity index (χ0v) is 22.4. The number of anilines is 1. The number of ether oxygens (including phenoxy) is 1. The maximum Gasteiger partial charge on any atom is 0.490 e. The summed E-state index contributed by atoms with van der Waals surface area (Å²) in [6.45, 7) is 0.836. The predicted octanol–water partition coefficient (Wildman–Crippen LogP) is 3.69. The van der Waals surface area contributed by atoms with Crippen molar-refractivity contribution in [1.82, 2.24) is 14.6 Å². The average Bonchev–Trinajstić information content (AvgIpc) is 3.25. The number of nitrogens with zero attached hydrogens (tertiary/aromatic N) is 2. The van der Waals surface area contributed by atoms with Crippen LogP contribution < -0.4 is 15.2 Å². The number of likely N-dealkylation sites (tertiary alicyclic amines) is 1. The average molecular weight is 591 g/mol. The Labute approximate surface area is 232 Å². The maximum atomic E-state index is 13.0. The number of hydrogen-bond donors (Lipinski definition) is 3. The first-order valence-corrected chi connectivity index (χ1v) is 13.6. The van der Waals surface area contributed by atoms with Gasteiger partial charge in [-0.2, -0.15) is 17.9 Å². The fourth-order valence-electron chi connectivity index (χ4n) is 4.25. The van der Waals surface area contributed by atoms with E-state index in [1.807, 2.05) is 36.4 Å². The van der Waals surface area contributed by atoms with Crippen molar-refractivity contribution in [2.75, 3.05) is 19.4 Å². The van der Waals surface area contributed by atoms with Crippen molar-refractivity contribution in [3.8, 4) is 5.75 Å². The van der Waals surface area contributed by atoms with Crippen LogP contribution in [-0.4, -0.2) is 61.2 Å². The first-order valence-electron chi connectivity index (χ1n) is 12.1. The Hall–Kier alpha value is -4.43. The maximum absolute atomic E-state index is 13.0. The highest BCUT2D eigenvalue weighted by Gasteiger charge is 2.38. The van der Waals surface area contributed by atoms with Crippen molar-refractivity contribution in [3.63, 3.8) is 0 Å². The van der Waals surface area contributed by atoms with Crippen LogP contribution in [0.4, 0.5) is 19.0 Å².